The van der Waals surface area contributed by atoms with Crippen molar-refractivity contribution in [2.45, 2.75) is 13.0 Å². The second kappa shape index (κ2) is 6.54. The smallest absolute Gasteiger partial charge is 0.328 e. The van der Waals surface area contributed by atoms with E-state index in [-0.39, 0.29) is 28.9 Å². The Morgan fingerprint density at radius 1 is 1.17 bits per heavy atom. The zero-order chi connectivity index (χ0) is 13.7. The molecule has 0 aromatic heterocycles. The monoisotopic (exact) mass is 288 g/mol. The van der Waals surface area contributed by atoms with Gasteiger partial charge in [0.05, 0.1) is 6.61 Å². The molecule has 0 spiro atoms. The zero-order valence-corrected chi connectivity index (χ0v) is 10.7. The van der Waals surface area contributed by atoms with Crippen LogP contribution in [0.25, 0.3) is 0 Å². The minimum atomic E-state index is -1.19. The highest BCUT2D eigenvalue weighted by molar-refractivity contribution is 6.36. The van der Waals surface area contributed by atoms with E-state index in [1.54, 1.807) is 0 Å². The maximum absolute atomic E-state index is 11.4. The molecule has 96 valence electrons. The van der Waals surface area contributed by atoms with E-state index in [1.165, 1.54) is 12.1 Å². The topological polar surface area (TPSA) is 74.6 Å². The van der Waals surface area contributed by atoms with Crippen LogP contribution >= 0.6 is 23.2 Å². The first kappa shape index (κ1) is 14.7. The van der Waals surface area contributed by atoms with Gasteiger partial charge in [-0.2, -0.15) is 0 Å². The number of hydrogen-bond acceptors (Lipinski definition) is 3. The number of aliphatic hydroxyl groups is 1. The molecule has 0 saturated heterocycles. The fourth-order valence-corrected chi connectivity index (χ4v) is 1.98. The summed E-state index contributed by atoms with van der Waals surface area (Å²) in [5.41, 5.74) is 0.956. The Labute approximate surface area is 113 Å². The van der Waals surface area contributed by atoms with Gasteiger partial charge in [0.25, 0.3) is 0 Å². The summed E-state index contributed by atoms with van der Waals surface area (Å²) in [4.78, 5) is 21.6. The number of aliphatic hydroxyl groups excluding tert-OH is 1. The van der Waals surface area contributed by atoms with Gasteiger partial charge in [-0.1, -0.05) is 23.2 Å². The Kier molecular flexibility index (Phi) is 5.34. The van der Waals surface area contributed by atoms with E-state index >= 15 is 0 Å². The van der Waals surface area contributed by atoms with E-state index in [2.05, 4.69) is 0 Å². The number of hydrogen-bond donors (Lipinski definition) is 2. The third-order valence-corrected chi connectivity index (χ3v) is 2.82. The van der Waals surface area contributed by atoms with Crippen molar-refractivity contribution in [3.8, 4) is 0 Å². The van der Waals surface area contributed by atoms with Gasteiger partial charge in [0.15, 0.2) is 5.78 Å². The van der Waals surface area contributed by atoms with Crippen LogP contribution in [-0.2, 0) is 22.6 Å². The summed E-state index contributed by atoms with van der Waals surface area (Å²) in [6.07, 6.45) is 1.74. The van der Waals surface area contributed by atoms with Crippen molar-refractivity contribution in [2.75, 3.05) is 0 Å². The minimum Gasteiger partial charge on any atom is -0.478 e. The molecule has 0 atom stereocenters. The average molecular weight is 289 g/mol. The Hall–Kier alpha value is -1.36. The lowest BCUT2D eigenvalue weighted by molar-refractivity contribution is -0.131. The van der Waals surface area contributed by atoms with Crippen molar-refractivity contribution in [3.63, 3.8) is 0 Å². The van der Waals surface area contributed by atoms with E-state index in [0.717, 1.165) is 12.2 Å². The number of carbonyl (C=O) groups is 2. The highest BCUT2D eigenvalue weighted by Crippen LogP contribution is 2.26. The molecule has 2 N–H and O–H groups in total. The molecule has 1 aromatic rings. The molecule has 1 rings (SSSR count). The fourth-order valence-electron chi connectivity index (χ4n) is 1.33. The lowest BCUT2D eigenvalue weighted by atomic mass is 10.1. The molecule has 0 aliphatic heterocycles. The van der Waals surface area contributed by atoms with Crippen LogP contribution in [0.5, 0.6) is 0 Å². The molecule has 0 radical (unpaired) electrons. The average Bonchev–Trinajstić information content (AvgIpc) is 2.26. The first-order valence-electron chi connectivity index (χ1n) is 4.95. The Morgan fingerprint density at radius 3 is 2.17 bits per heavy atom. The van der Waals surface area contributed by atoms with Crippen LogP contribution < -0.4 is 0 Å². The Morgan fingerprint density at radius 2 is 1.72 bits per heavy atom. The van der Waals surface area contributed by atoms with E-state index in [4.69, 9.17) is 33.4 Å². The second-order valence-corrected chi connectivity index (χ2v) is 4.33. The third kappa shape index (κ3) is 4.14. The lowest BCUT2D eigenvalue weighted by Crippen LogP contribution is -2.01. The second-order valence-electron chi connectivity index (χ2n) is 3.51. The molecule has 0 unspecified atom stereocenters. The summed E-state index contributed by atoms with van der Waals surface area (Å²) in [5, 5.41) is 17.9. The van der Waals surface area contributed by atoms with Gasteiger partial charge in [0.1, 0.15) is 0 Å². The number of ketones is 1. The molecule has 0 aliphatic rings. The molecule has 0 saturated carbocycles. The number of allylic oxidation sites excluding steroid dienone is 1. The van der Waals surface area contributed by atoms with Gasteiger partial charge in [0, 0.05) is 28.1 Å². The number of halogens is 2. The normalized spacial score (nSPS) is 10.8. The van der Waals surface area contributed by atoms with Gasteiger partial charge >= 0.3 is 5.97 Å². The molecular weight excluding hydrogens is 279 g/mol. The van der Waals surface area contributed by atoms with Crippen molar-refractivity contribution >= 4 is 35.0 Å². The van der Waals surface area contributed by atoms with Crippen molar-refractivity contribution in [1.29, 1.82) is 0 Å². The summed E-state index contributed by atoms with van der Waals surface area (Å²) in [6.45, 7) is -0.287. The number of rotatable bonds is 5. The maximum Gasteiger partial charge on any atom is 0.328 e. The molecule has 0 aliphatic carbocycles. The van der Waals surface area contributed by atoms with Gasteiger partial charge in [-0.05, 0) is 23.8 Å². The van der Waals surface area contributed by atoms with Gasteiger partial charge in [-0.3, -0.25) is 4.79 Å². The highest BCUT2D eigenvalue weighted by atomic mass is 35.5. The number of carboxylic acids is 1. The fraction of sp³-hybridized carbons (Fsp3) is 0.167. The largest absolute Gasteiger partial charge is 0.478 e. The predicted molar refractivity (Wildman–Crippen MR) is 67.9 cm³/mol. The predicted octanol–water partition coefficient (Wildman–Crippen LogP) is 2.24. The quantitative estimate of drug-likeness (QED) is 0.815. The van der Waals surface area contributed by atoms with Gasteiger partial charge < -0.3 is 10.2 Å². The molecule has 0 amide bonds. The van der Waals surface area contributed by atoms with Crippen molar-refractivity contribution in [2.24, 2.45) is 0 Å². The SMILES string of the molecule is O=C(O)/C=C/C(=O)Cc1cc(Cl)c(CO)c(Cl)c1. The summed E-state index contributed by atoms with van der Waals surface area (Å²) < 4.78 is 0. The zero-order valence-electron chi connectivity index (χ0n) is 9.19. The standard InChI is InChI=1S/C12H10Cl2O4/c13-10-4-7(5-11(14)9(10)6-15)3-8(16)1-2-12(17)18/h1-2,4-5,15H,3,6H2,(H,17,18)/b2-1+. The van der Waals surface area contributed by atoms with Crippen LogP contribution in [-0.4, -0.2) is 22.0 Å². The summed E-state index contributed by atoms with van der Waals surface area (Å²) in [7, 11) is 0. The van der Waals surface area contributed by atoms with E-state index < -0.39 is 5.97 Å². The van der Waals surface area contributed by atoms with Gasteiger partial charge in [-0.15, -0.1) is 0 Å². The number of aliphatic carboxylic acids is 1. The molecule has 18 heavy (non-hydrogen) atoms. The third-order valence-electron chi connectivity index (χ3n) is 2.15. The van der Waals surface area contributed by atoms with Gasteiger partial charge in [-0.25, -0.2) is 4.79 Å². The highest BCUT2D eigenvalue weighted by Gasteiger charge is 2.09. The van der Waals surface area contributed by atoms with Crippen LogP contribution in [0.3, 0.4) is 0 Å². The molecule has 0 heterocycles. The number of benzene rings is 1. The molecular formula is C12H10Cl2O4. The molecule has 0 fully saturated rings. The van der Waals surface area contributed by atoms with Crippen LogP contribution in [0.15, 0.2) is 24.3 Å². The molecule has 1 aromatic carbocycles. The minimum absolute atomic E-state index is 0.00503. The number of carbonyl (C=O) groups excluding carboxylic acids is 1. The maximum atomic E-state index is 11.4. The van der Waals surface area contributed by atoms with E-state index in [1.807, 2.05) is 0 Å². The summed E-state index contributed by atoms with van der Waals surface area (Å²) in [6, 6.07) is 3.04. The Bertz CT molecular complexity index is 486. The van der Waals surface area contributed by atoms with Crippen LogP contribution in [0.2, 0.25) is 10.0 Å². The van der Waals surface area contributed by atoms with Crippen molar-refractivity contribution < 1.29 is 19.8 Å². The summed E-state index contributed by atoms with van der Waals surface area (Å²) in [5.74, 6) is -1.56. The van der Waals surface area contributed by atoms with Crippen LogP contribution in [0.4, 0.5) is 0 Å². The Balaban J connectivity index is 2.86. The molecule has 0 bridgehead atoms. The van der Waals surface area contributed by atoms with E-state index in [9.17, 15) is 9.59 Å². The molecule has 4 nitrogen and oxygen atoms in total. The van der Waals surface area contributed by atoms with Crippen LogP contribution in [0.1, 0.15) is 11.1 Å². The molecule has 6 heteroatoms. The van der Waals surface area contributed by atoms with Crippen LogP contribution in [0, 0.1) is 0 Å². The lowest BCUT2D eigenvalue weighted by Gasteiger charge is -2.06. The number of carboxylic acid groups (broad SMARTS) is 1. The first-order valence-corrected chi connectivity index (χ1v) is 5.71. The summed E-state index contributed by atoms with van der Waals surface area (Å²) >= 11 is 11.8. The van der Waals surface area contributed by atoms with Crippen molar-refractivity contribution in [3.05, 3.63) is 45.5 Å². The van der Waals surface area contributed by atoms with Crippen molar-refractivity contribution in [1.82, 2.24) is 0 Å². The first-order chi connectivity index (χ1) is 8.43. The van der Waals surface area contributed by atoms with Gasteiger partial charge in [0.2, 0.25) is 0 Å². The van der Waals surface area contributed by atoms with E-state index in [0.29, 0.717) is 11.1 Å².